The Morgan fingerprint density at radius 1 is 1.36 bits per heavy atom. The highest BCUT2D eigenvalue weighted by molar-refractivity contribution is 5.21. The zero-order valence-corrected chi connectivity index (χ0v) is 7.59. The van der Waals surface area contributed by atoms with Crippen LogP contribution < -0.4 is 5.32 Å². The third kappa shape index (κ3) is 1.91. The van der Waals surface area contributed by atoms with Crippen LogP contribution >= 0.6 is 0 Å². The number of halogens is 2. The summed E-state index contributed by atoms with van der Waals surface area (Å²) < 4.78 is 31.3. The van der Waals surface area contributed by atoms with Gasteiger partial charge in [0.2, 0.25) is 0 Å². The van der Waals surface area contributed by atoms with Crippen molar-refractivity contribution in [2.24, 2.45) is 0 Å². The number of hydrogen-bond donors (Lipinski definition) is 1. The van der Waals surface area contributed by atoms with Crippen molar-refractivity contribution in [1.29, 1.82) is 0 Å². The molecule has 1 atom stereocenters. The first-order chi connectivity index (χ1) is 6.77. The van der Waals surface area contributed by atoms with E-state index in [9.17, 15) is 8.78 Å². The van der Waals surface area contributed by atoms with E-state index in [0.29, 0.717) is 18.7 Å². The van der Waals surface area contributed by atoms with E-state index in [1.165, 1.54) is 12.1 Å². The van der Waals surface area contributed by atoms with Crippen LogP contribution in [0.3, 0.4) is 0 Å². The van der Waals surface area contributed by atoms with Gasteiger partial charge in [0.25, 0.3) is 0 Å². The second-order valence-corrected chi connectivity index (χ2v) is 3.23. The third-order valence-electron chi connectivity index (χ3n) is 2.24. The molecular weight excluding hydrogens is 188 g/mol. The lowest BCUT2D eigenvalue weighted by Crippen LogP contribution is -2.33. The second-order valence-electron chi connectivity index (χ2n) is 3.23. The third-order valence-corrected chi connectivity index (χ3v) is 2.24. The monoisotopic (exact) mass is 199 g/mol. The van der Waals surface area contributed by atoms with Gasteiger partial charge in [-0.25, -0.2) is 8.78 Å². The first-order valence-corrected chi connectivity index (χ1v) is 4.54. The fourth-order valence-electron chi connectivity index (χ4n) is 1.53. The maximum atomic E-state index is 13.3. The van der Waals surface area contributed by atoms with Gasteiger partial charge in [-0.1, -0.05) is 6.07 Å². The Morgan fingerprint density at radius 3 is 2.86 bits per heavy atom. The molecule has 1 unspecified atom stereocenters. The first kappa shape index (κ1) is 9.55. The van der Waals surface area contributed by atoms with Gasteiger partial charge < -0.3 is 10.1 Å². The van der Waals surface area contributed by atoms with E-state index >= 15 is 0 Å². The summed E-state index contributed by atoms with van der Waals surface area (Å²) in [6.07, 6.45) is -0.302. The molecular formula is C10H11F2NO. The highest BCUT2D eigenvalue weighted by Gasteiger charge is 2.19. The van der Waals surface area contributed by atoms with Crippen LogP contribution in [-0.4, -0.2) is 19.7 Å². The van der Waals surface area contributed by atoms with E-state index in [1.54, 1.807) is 0 Å². The van der Waals surface area contributed by atoms with Gasteiger partial charge in [-0.05, 0) is 6.07 Å². The van der Waals surface area contributed by atoms with Crippen LogP contribution in [0.25, 0.3) is 0 Å². The molecule has 1 N–H and O–H groups in total. The number of hydrogen-bond acceptors (Lipinski definition) is 2. The fraction of sp³-hybridized carbons (Fsp3) is 0.400. The van der Waals surface area contributed by atoms with Gasteiger partial charge in [-0.3, -0.25) is 0 Å². The Balaban J connectivity index is 2.22. The molecule has 4 heteroatoms. The smallest absolute Gasteiger partial charge is 0.131 e. The molecule has 0 radical (unpaired) electrons. The lowest BCUT2D eigenvalue weighted by molar-refractivity contribution is 0.0255. The predicted molar refractivity (Wildman–Crippen MR) is 47.9 cm³/mol. The van der Waals surface area contributed by atoms with Crippen molar-refractivity contribution < 1.29 is 13.5 Å². The molecule has 76 valence electrons. The summed E-state index contributed by atoms with van der Waals surface area (Å²) in [5.74, 6) is -1.10. The van der Waals surface area contributed by atoms with Crippen molar-refractivity contribution in [3.63, 3.8) is 0 Å². The van der Waals surface area contributed by atoms with E-state index in [2.05, 4.69) is 5.32 Å². The molecule has 2 rings (SSSR count). The summed E-state index contributed by atoms with van der Waals surface area (Å²) in [6.45, 7) is 1.91. The normalized spacial score (nSPS) is 22.3. The van der Waals surface area contributed by atoms with Crippen LogP contribution in [0.5, 0.6) is 0 Å². The van der Waals surface area contributed by atoms with E-state index in [-0.39, 0.29) is 6.10 Å². The molecule has 0 aromatic heterocycles. The Hall–Kier alpha value is -1.00. The molecule has 1 aliphatic heterocycles. The zero-order chi connectivity index (χ0) is 9.97. The van der Waals surface area contributed by atoms with Gasteiger partial charge >= 0.3 is 0 Å². The van der Waals surface area contributed by atoms with Gasteiger partial charge in [0.15, 0.2) is 0 Å². The maximum Gasteiger partial charge on any atom is 0.131 e. The van der Waals surface area contributed by atoms with Gasteiger partial charge in [0, 0.05) is 24.7 Å². The predicted octanol–water partition coefficient (Wildman–Crippen LogP) is 1.63. The van der Waals surface area contributed by atoms with E-state index < -0.39 is 11.6 Å². The van der Waals surface area contributed by atoms with Crippen LogP contribution in [0, 0.1) is 11.6 Å². The van der Waals surface area contributed by atoms with Gasteiger partial charge in [-0.15, -0.1) is 0 Å². The molecule has 0 amide bonds. The molecule has 0 saturated carbocycles. The van der Waals surface area contributed by atoms with E-state index in [4.69, 9.17) is 4.74 Å². The lowest BCUT2D eigenvalue weighted by atomic mass is 10.1. The van der Waals surface area contributed by atoms with Crippen LogP contribution in [-0.2, 0) is 4.74 Å². The highest BCUT2D eigenvalue weighted by atomic mass is 19.1. The molecule has 0 aliphatic carbocycles. The quantitative estimate of drug-likeness (QED) is 0.742. The molecule has 14 heavy (non-hydrogen) atoms. The van der Waals surface area contributed by atoms with Gasteiger partial charge in [0.1, 0.15) is 11.6 Å². The maximum absolute atomic E-state index is 13.3. The standard InChI is InChI=1S/C10H11F2NO/c11-7-1-2-8(9(12)5-7)10-6-13-3-4-14-10/h1-2,5,10,13H,3-4,6H2. The van der Waals surface area contributed by atoms with Crippen molar-refractivity contribution in [3.05, 3.63) is 35.4 Å². The molecule has 1 aromatic rings. The molecule has 1 fully saturated rings. The van der Waals surface area contributed by atoms with Crippen molar-refractivity contribution in [3.8, 4) is 0 Å². The molecule has 1 aliphatic rings. The Bertz CT molecular complexity index is 324. The molecule has 2 nitrogen and oxygen atoms in total. The molecule has 1 aromatic carbocycles. The minimum atomic E-state index is -0.560. The van der Waals surface area contributed by atoms with Crippen LogP contribution in [0.4, 0.5) is 8.78 Å². The molecule has 0 spiro atoms. The summed E-state index contributed by atoms with van der Waals surface area (Å²) in [5, 5.41) is 3.09. The van der Waals surface area contributed by atoms with Crippen molar-refractivity contribution in [1.82, 2.24) is 5.32 Å². The first-order valence-electron chi connectivity index (χ1n) is 4.54. The van der Waals surface area contributed by atoms with Crippen molar-refractivity contribution in [2.45, 2.75) is 6.10 Å². The summed E-state index contributed by atoms with van der Waals surface area (Å²) in [7, 11) is 0. The largest absolute Gasteiger partial charge is 0.371 e. The SMILES string of the molecule is Fc1ccc(C2CNCCO2)c(F)c1. The Labute approximate surface area is 80.9 Å². The number of morpholine rings is 1. The molecule has 1 heterocycles. The summed E-state index contributed by atoms with van der Waals surface area (Å²) in [6, 6.07) is 3.56. The highest BCUT2D eigenvalue weighted by Crippen LogP contribution is 2.22. The molecule has 0 bridgehead atoms. The minimum absolute atomic E-state index is 0.302. The summed E-state index contributed by atoms with van der Waals surface area (Å²) in [4.78, 5) is 0. The minimum Gasteiger partial charge on any atom is -0.371 e. The average molecular weight is 199 g/mol. The van der Waals surface area contributed by atoms with Crippen LogP contribution in [0.15, 0.2) is 18.2 Å². The molecule has 1 saturated heterocycles. The Morgan fingerprint density at radius 2 is 2.21 bits per heavy atom. The fourth-order valence-corrected chi connectivity index (χ4v) is 1.53. The average Bonchev–Trinajstić information content (AvgIpc) is 2.19. The van der Waals surface area contributed by atoms with Crippen LogP contribution in [0.2, 0.25) is 0 Å². The number of nitrogens with one attached hydrogen (secondary N) is 1. The van der Waals surface area contributed by atoms with Crippen LogP contribution in [0.1, 0.15) is 11.7 Å². The van der Waals surface area contributed by atoms with E-state index in [1.807, 2.05) is 0 Å². The summed E-state index contributed by atoms with van der Waals surface area (Å²) in [5.41, 5.74) is 0.415. The van der Waals surface area contributed by atoms with Crippen molar-refractivity contribution >= 4 is 0 Å². The Kier molecular flexibility index (Phi) is 2.74. The number of benzene rings is 1. The zero-order valence-electron chi connectivity index (χ0n) is 7.59. The number of ether oxygens (including phenoxy) is 1. The van der Waals surface area contributed by atoms with E-state index in [0.717, 1.165) is 12.6 Å². The van der Waals surface area contributed by atoms with Gasteiger partial charge in [-0.2, -0.15) is 0 Å². The lowest BCUT2D eigenvalue weighted by Gasteiger charge is -2.24. The van der Waals surface area contributed by atoms with Crippen molar-refractivity contribution in [2.75, 3.05) is 19.7 Å². The second kappa shape index (κ2) is 4.02. The van der Waals surface area contributed by atoms with Gasteiger partial charge in [0.05, 0.1) is 12.7 Å². The number of rotatable bonds is 1. The topological polar surface area (TPSA) is 21.3 Å². The summed E-state index contributed by atoms with van der Waals surface area (Å²) >= 11 is 0.